The lowest BCUT2D eigenvalue weighted by Crippen LogP contribution is -2.52. The standard InChI is InChI=1S/C9H20O2.C5H7BS/c1-6-7(2)9(5,11)8(3,4)10;6-5-1-3-7-4-2-5/h7,10-11H,6H2,1-5H3;1H,2-4H2. The summed E-state index contributed by atoms with van der Waals surface area (Å²) in [6.07, 6.45) is 4.05. The van der Waals surface area contributed by atoms with Crippen molar-refractivity contribution < 1.29 is 10.2 Å². The molecule has 0 bridgehead atoms. The predicted octanol–water partition coefficient (Wildman–Crippen LogP) is 2.73. The van der Waals surface area contributed by atoms with Gasteiger partial charge in [0.05, 0.1) is 11.2 Å². The summed E-state index contributed by atoms with van der Waals surface area (Å²) in [5.41, 5.74) is -0.955. The Labute approximate surface area is 118 Å². The van der Waals surface area contributed by atoms with Crippen LogP contribution in [0.2, 0.25) is 0 Å². The fourth-order valence-corrected chi connectivity index (χ4v) is 2.42. The number of aliphatic hydroxyl groups is 2. The van der Waals surface area contributed by atoms with Crippen LogP contribution in [0.3, 0.4) is 0 Å². The number of hydrogen-bond donors (Lipinski definition) is 2. The van der Waals surface area contributed by atoms with E-state index in [-0.39, 0.29) is 5.92 Å². The first kappa shape index (κ1) is 18.1. The molecule has 1 rings (SSSR count). The van der Waals surface area contributed by atoms with E-state index in [0.717, 1.165) is 24.1 Å². The van der Waals surface area contributed by atoms with E-state index in [1.807, 2.05) is 25.6 Å². The van der Waals surface area contributed by atoms with Crippen molar-refractivity contribution in [3.8, 4) is 0 Å². The van der Waals surface area contributed by atoms with E-state index in [1.165, 1.54) is 5.75 Å². The zero-order valence-electron chi connectivity index (χ0n) is 12.4. The van der Waals surface area contributed by atoms with Crippen molar-refractivity contribution in [2.24, 2.45) is 5.92 Å². The summed E-state index contributed by atoms with van der Waals surface area (Å²) in [4.78, 5) is 0. The van der Waals surface area contributed by atoms with Crippen LogP contribution in [0.1, 0.15) is 47.5 Å². The van der Waals surface area contributed by atoms with Gasteiger partial charge in [-0.1, -0.05) is 26.3 Å². The maximum absolute atomic E-state index is 9.87. The van der Waals surface area contributed by atoms with Crippen LogP contribution in [-0.2, 0) is 0 Å². The highest BCUT2D eigenvalue weighted by Gasteiger charge is 2.41. The third-order valence-electron chi connectivity index (χ3n) is 3.81. The maximum Gasteiger partial charge on any atom is 0.107 e. The van der Waals surface area contributed by atoms with Crippen molar-refractivity contribution in [2.45, 2.75) is 58.7 Å². The van der Waals surface area contributed by atoms with Gasteiger partial charge in [-0.3, -0.25) is 0 Å². The molecule has 2 radical (unpaired) electrons. The van der Waals surface area contributed by atoms with E-state index in [9.17, 15) is 10.2 Å². The van der Waals surface area contributed by atoms with Crippen molar-refractivity contribution in [2.75, 3.05) is 11.5 Å². The van der Waals surface area contributed by atoms with Gasteiger partial charge in [0.1, 0.15) is 7.85 Å². The van der Waals surface area contributed by atoms with Gasteiger partial charge in [0, 0.05) is 5.75 Å². The highest BCUT2D eigenvalue weighted by atomic mass is 32.2. The summed E-state index contributed by atoms with van der Waals surface area (Å²) in [7, 11) is 5.48. The Hall–Kier alpha value is 0.0749. The van der Waals surface area contributed by atoms with Gasteiger partial charge >= 0.3 is 0 Å². The van der Waals surface area contributed by atoms with E-state index in [0.29, 0.717) is 0 Å². The fourth-order valence-electron chi connectivity index (χ4n) is 1.54. The van der Waals surface area contributed by atoms with E-state index in [1.54, 1.807) is 20.8 Å². The first-order chi connectivity index (χ1) is 8.13. The van der Waals surface area contributed by atoms with Gasteiger partial charge in [0.15, 0.2) is 0 Å². The van der Waals surface area contributed by atoms with E-state index in [2.05, 4.69) is 6.08 Å². The Morgan fingerprint density at radius 2 is 1.94 bits per heavy atom. The molecule has 1 aliphatic rings. The van der Waals surface area contributed by atoms with Crippen LogP contribution in [0.4, 0.5) is 0 Å². The van der Waals surface area contributed by atoms with Gasteiger partial charge < -0.3 is 10.2 Å². The summed E-state index contributed by atoms with van der Waals surface area (Å²) in [6.45, 7) is 8.91. The third kappa shape index (κ3) is 5.81. The molecule has 0 spiro atoms. The summed E-state index contributed by atoms with van der Waals surface area (Å²) < 4.78 is 0. The van der Waals surface area contributed by atoms with E-state index >= 15 is 0 Å². The summed E-state index contributed by atoms with van der Waals surface area (Å²) in [6, 6.07) is 0. The second kappa shape index (κ2) is 7.61. The molecular weight excluding hydrogens is 243 g/mol. The van der Waals surface area contributed by atoms with Crippen LogP contribution in [0, 0.1) is 5.92 Å². The molecule has 0 saturated heterocycles. The van der Waals surface area contributed by atoms with Crippen LogP contribution in [-0.4, -0.2) is 40.8 Å². The molecule has 0 aromatic rings. The van der Waals surface area contributed by atoms with Crippen molar-refractivity contribution in [1.29, 1.82) is 0 Å². The van der Waals surface area contributed by atoms with Crippen molar-refractivity contribution >= 4 is 19.6 Å². The number of thioether (sulfide) groups is 1. The lowest BCUT2D eigenvalue weighted by molar-refractivity contribution is -0.148. The largest absolute Gasteiger partial charge is 0.387 e. The SMILES string of the molecule is CCC(C)C(C)(O)C(C)(C)O.[B]C1=CCSCC1. The zero-order chi connectivity index (χ0) is 14.4. The highest BCUT2D eigenvalue weighted by molar-refractivity contribution is 7.99. The molecule has 0 fully saturated rings. The van der Waals surface area contributed by atoms with Crippen LogP contribution in [0.25, 0.3) is 0 Å². The first-order valence-corrected chi connectivity index (χ1v) is 7.75. The average Bonchev–Trinajstić information content (AvgIpc) is 2.28. The molecule has 2 N–H and O–H groups in total. The maximum atomic E-state index is 9.87. The average molecular weight is 270 g/mol. The first-order valence-electron chi connectivity index (χ1n) is 6.60. The second-order valence-corrected chi connectivity index (χ2v) is 6.77. The summed E-state index contributed by atoms with van der Waals surface area (Å²) in [5.74, 6) is 2.44. The molecule has 0 aromatic carbocycles. The molecule has 1 heterocycles. The lowest BCUT2D eigenvalue weighted by atomic mass is 9.77. The third-order valence-corrected chi connectivity index (χ3v) is 4.70. The van der Waals surface area contributed by atoms with E-state index in [4.69, 9.17) is 7.85 Å². The summed E-state index contributed by atoms with van der Waals surface area (Å²) >= 11 is 1.94. The minimum atomic E-state index is -1.03. The van der Waals surface area contributed by atoms with Crippen LogP contribution < -0.4 is 0 Å². The van der Waals surface area contributed by atoms with E-state index < -0.39 is 11.2 Å². The number of rotatable bonds is 3. The summed E-state index contributed by atoms with van der Waals surface area (Å²) in [5, 5.41) is 19.5. The van der Waals surface area contributed by atoms with Crippen LogP contribution in [0.15, 0.2) is 11.5 Å². The molecule has 2 unspecified atom stereocenters. The van der Waals surface area contributed by atoms with Crippen molar-refractivity contribution in [3.05, 3.63) is 11.5 Å². The molecule has 4 heteroatoms. The Balaban J connectivity index is 0.000000351. The monoisotopic (exact) mass is 270 g/mol. The molecular formula is C14H27BO2S. The van der Waals surface area contributed by atoms with Gasteiger partial charge in [-0.25, -0.2) is 0 Å². The van der Waals surface area contributed by atoms with Gasteiger partial charge in [-0.05, 0) is 38.9 Å². The number of allylic oxidation sites excluding steroid dienone is 1. The molecule has 104 valence electrons. The van der Waals surface area contributed by atoms with Gasteiger partial charge in [-0.15, -0.1) is 5.47 Å². The normalized spacial score (nSPS) is 21.2. The molecule has 0 saturated carbocycles. The minimum Gasteiger partial charge on any atom is -0.387 e. The van der Waals surface area contributed by atoms with Crippen molar-refractivity contribution in [3.63, 3.8) is 0 Å². The Kier molecular flexibility index (Phi) is 7.64. The second-order valence-electron chi connectivity index (χ2n) is 5.62. The lowest BCUT2D eigenvalue weighted by Gasteiger charge is -2.40. The quantitative estimate of drug-likeness (QED) is 0.775. The molecule has 2 nitrogen and oxygen atoms in total. The molecule has 0 aliphatic carbocycles. The zero-order valence-corrected chi connectivity index (χ0v) is 13.2. The van der Waals surface area contributed by atoms with Crippen LogP contribution in [0.5, 0.6) is 0 Å². The molecule has 1 aliphatic heterocycles. The fraction of sp³-hybridized carbons (Fsp3) is 0.857. The Morgan fingerprint density at radius 1 is 1.39 bits per heavy atom. The molecule has 2 atom stereocenters. The van der Waals surface area contributed by atoms with Gasteiger partial charge in [-0.2, -0.15) is 11.8 Å². The molecule has 0 amide bonds. The Bertz CT molecular complexity index is 269. The van der Waals surface area contributed by atoms with Crippen molar-refractivity contribution in [1.82, 2.24) is 0 Å². The Morgan fingerprint density at radius 3 is 2.11 bits per heavy atom. The smallest absolute Gasteiger partial charge is 0.107 e. The van der Waals surface area contributed by atoms with Gasteiger partial charge in [0.25, 0.3) is 0 Å². The molecule has 18 heavy (non-hydrogen) atoms. The topological polar surface area (TPSA) is 40.5 Å². The number of hydrogen-bond acceptors (Lipinski definition) is 3. The predicted molar refractivity (Wildman–Crippen MR) is 82.2 cm³/mol. The minimum absolute atomic E-state index is 0.113. The molecule has 0 aromatic heterocycles. The van der Waals surface area contributed by atoms with Gasteiger partial charge in [0.2, 0.25) is 0 Å². The van der Waals surface area contributed by atoms with Crippen LogP contribution >= 0.6 is 11.8 Å². The highest BCUT2D eigenvalue weighted by Crippen LogP contribution is 2.30.